The summed E-state index contributed by atoms with van der Waals surface area (Å²) in [5, 5.41) is 24.8. The normalized spacial score (nSPS) is 14.5. The van der Waals surface area contributed by atoms with Gasteiger partial charge in [0, 0.05) is 31.1 Å². The van der Waals surface area contributed by atoms with Crippen LogP contribution in [0.3, 0.4) is 0 Å². The average Bonchev–Trinajstić information content (AvgIpc) is 3.24. The highest BCUT2D eigenvalue weighted by molar-refractivity contribution is 7.15. The first-order chi connectivity index (χ1) is 14.6. The Bertz CT molecular complexity index is 1000. The summed E-state index contributed by atoms with van der Waals surface area (Å²) in [5.74, 6) is 1.82. The number of hydrogen-bond acceptors (Lipinski definition) is 8. The van der Waals surface area contributed by atoms with E-state index in [1.165, 1.54) is 11.3 Å². The fourth-order valence-electron chi connectivity index (χ4n) is 3.41. The van der Waals surface area contributed by atoms with Crippen molar-refractivity contribution in [3.05, 3.63) is 52.0 Å². The van der Waals surface area contributed by atoms with E-state index in [-0.39, 0.29) is 12.3 Å². The molecular formula is C20H22ClN7OS. The highest BCUT2D eigenvalue weighted by Crippen LogP contribution is 2.33. The maximum absolute atomic E-state index is 12.3. The predicted octanol–water partition coefficient (Wildman–Crippen LogP) is 3.59. The Morgan fingerprint density at radius 1 is 1.13 bits per heavy atom. The van der Waals surface area contributed by atoms with Crippen molar-refractivity contribution in [2.45, 2.75) is 25.2 Å². The first kappa shape index (κ1) is 20.5. The van der Waals surface area contributed by atoms with Gasteiger partial charge in [-0.2, -0.15) is 0 Å². The molecule has 0 atom stereocenters. The van der Waals surface area contributed by atoms with Crippen molar-refractivity contribution in [1.29, 1.82) is 0 Å². The minimum Gasteiger partial charge on any atom is -0.372 e. The van der Waals surface area contributed by atoms with E-state index in [1.54, 1.807) is 6.07 Å². The molecule has 0 spiro atoms. The number of carbonyl (C=O) groups is 1. The molecule has 2 N–H and O–H groups in total. The van der Waals surface area contributed by atoms with E-state index in [4.69, 9.17) is 11.6 Å². The number of piperidine rings is 1. The van der Waals surface area contributed by atoms with Crippen LogP contribution in [0.4, 0.5) is 16.8 Å². The standard InChI is InChI=1S/C20H22ClN7OS/c1-22-16-6-7-17(25-24-16)28-10-8-13(9-11-28)19-26-27-20(30-19)23-18(29)12-14-4-2-3-5-15(14)21/h2-7,13H,8-12H2,1H3,(H,22,24)(H,23,27,29). The van der Waals surface area contributed by atoms with E-state index in [2.05, 4.69) is 35.9 Å². The Labute approximate surface area is 183 Å². The largest absolute Gasteiger partial charge is 0.372 e. The Morgan fingerprint density at radius 3 is 2.63 bits per heavy atom. The van der Waals surface area contributed by atoms with Crippen molar-refractivity contribution in [3.63, 3.8) is 0 Å². The molecule has 1 fully saturated rings. The summed E-state index contributed by atoms with van der Waals surface area (Å²) in [4.78, 5) is 14.5. The van der Waals surface area contributed by atoms with Crippen LogP contribution < -0.4 is 15.5 Å². The molecule has 0 saturated carbocycles. The number of rotatable bonds is 6. The summed E-state index contributed by atoms with van der Waals surface area (Å²) in [6.45, 7) is 1.76. The van der Waals surface area contributed by atoms with Gasteiger partial charge in [0.2, 0.25) is 11.0 Å². The number of nitrogens with zero attached hydrogens (tertiary/aromatic N) is 5. The zero-order chi connectivity index (χ0) is 20.9. The molecule has 1 aliphatic heterocycles. The lowest BCUT2D eigenvalue weighted by atomic mass is 9.98. The maximum Gasteiger partial charge on any atom is 0.230 e. The van der Waals surface area contributed by atoms with E-state index >= 15 is 0 Å². The summed E-state index contributed by atoms with van der Waals surface area (Å²) >= 11 is 7.57. The maximum atomic E-state index is 12.3. The van der Waals surface area contributed by atoms with Crippen LogP contribution >= 0.6 is 22.9 Å². The zero-order valence-electron chi connectivity index (χ0n) is 16.5. The fourth-order valence-corrected chi connectivity index (χ4v) is 4.54. The van der Waals surface area contributed by atoms with Gasteiger partial charge in [-0.3, -0.25) is 4.79 Å². The van der Waals surface area contributed by atoms with Gasteiger partial charge >= 0.3 is 0 Å². The van der Waals surface area contributed by atoms with Crippen molar-refractivity contribution in [3.8, 4) is 0 Å². The molecule has 1 amide bonds. The van der Waals surface area contributed by atoms with Crippen molar-refractivity contribution >= 4 is 45.6 Å². The zero-order valence-corrected chi connectivity index (χ0v) is 18.1. The molecule has 8 nitrogen and oxygen atoms in total. The molecular weight excluding hydrogens is 422 g/mol. The van der Waals surface area contributed by atoms with Gasteiger partial charge in [-0.05, 0) is 36.6 Å². The molecule has 2 aromatic heterocycles. The molecule has 30 heavy (non-hydrogen) atoms. The summed E-state index contributed by atoms with van der Waals surface area (Å²) in [6.07, 6.45) is 2.12. The lowest BCUT2D eigenvalue weighted by Gasteiger charge is -2.31. The molecule has 0 aliphatic carbocycles. The summed E-state index contributed by atoms with van der Waals surface area (Å²) in [7, 11) is 1.82. The molecule has 1 saturated heterocycles. The van der Waals surface area contributed by atoms with E-state index in [0.29, 0.717) is 16.1 Å². The highest BCUT2D eigenvalue weighted by atomic mass is 35.5. The molecule has 0 radical (unpaired) electrons. The lowest BCUT2D eigenvalue weighted by molar-refractivity contribution is -0.115. The van der Waals surface area contributed by atoms with Crippen molar-refractivity contribution in [2.75, 3.05) is 35.7 Å². The van der Waals surface area contributed by atoms with Crippen LogP contribution in [-0.2, 0) is 11.2 Å². The molecule has 0 bridgehead atoms. The van der Waals surface area contributed by atoms with Gasteiger partial charge in [0.1, 0.15) is 10.8 Å². The van der Waals surface area contributed by atoms with Gasteiger partial charge < -0.3 is 15.5 Å². The minimum atomic E-state index is -0.149. The Kier molecular flexibility index (Phi) is 6.39. The third-order valence-corrected chi connectivity index (χ3v) is 6.44. The monoisotopic (exact) mass is 443 g/mol. The first-order valence-electron chi connectivity index (χ1n) is 9.75. The van der Waals surface area contributed by atoms with Crippen molar-refractivity contribution < 1.29 is 4.79 Å². The minimum absolute atomic E-state index is 0.149. The Morgan fingerprint density at radius 2 is 1.93 bits per heavy atom. The van der Waals surface area contributed by atoms with Crippen LogP contribution in [0.25, 0.3) is 0 Å². The van der Waals surface area contributed by atoms with Crippen LogP contribution in [0.15, 0.2) is 36.4 Å². The number of aromatic nitrogens is 4. The molecule has 0 unspecified atom stereocenters. The van der Waals surface area contributed by atoms with E-state index < -0.39 is 0 Å². The Balaban J connectivity index is 1.31. The van der Waals surface area contributed by atoms with Crippen LogP contribution in [0, 0.1) is 0 Å². The smallest absolute Gasteiger partial charge is 0.230 e. The van der Waals surface area contributed by atoms with E-state index in [1.807, 2.05) is 37.4 Å². The second kappa shape index (κ2) is 9.36. The van der Waals surface area contributed by atoms with Gasteiger partial charge in [-0.25, -0.2) is 0 Å². The molecule has 3 heterocycles. The van der Waals surface area contributed by atoms with E-state index in [9.17, 15) is 4.79 Å². The van der Waals surface area contributed by atoms with Gasteiger partial charge in [0.25, 0.3) is 0 Å². The average molecular weight is 444 g/mol. The predicted molar refractivity (Wildman–Crippen MR) is 119 cm³/mol. The quantitative estimate of drug-likeness (QED) is 0.600. The van der Waals surface area contributed by atoms with Gasteiger partial charge in [0.15, 0.2) is 5.82 Å². The third-order valence-electron chi connectivity index (χ3n) is 5.07. The number of benzene rings is 1. The second-order valence-electron chi connectivity index (χ2n) is 7.05. The van der Waals surface area contributed by atoms with Gasteiger partial charge in [-0.1, -0.05) is 41.1 Å². The lowest BCUT2D eigenvalue weighted by Crippen LogP contribution is -2.33. The molecule has 4 rings (SSSR count). The first-order valence-corrected chi connectivity index (χ1v) is 10.9. The second-order valence-corrected chi connectivity index (χ2v) is 8.47. The number of halogens is 1. The van der Waals surface area contributed by atoms with Crippen molar-refractivity contribution in [2.24, 2.45) is 0 Å². The fraction of sp³-hybridized carbons (Fsp3) is 0.350. The molecule has 3 aromatic rings. The van der Waals surface area contributed by atoms with Gasteiger partial charge in [-0.15, -0.1) is 20.4 Å². The topological polar surface area (TPSA) is 95.9 Å². The van der Waals surface area contributed by atoms with E-state index in [0.717, 1.165) is 48.1 Å². The van der Waals surface area contributed by atoms with Crippen LogP contribution in [0.2, 0.25) is 5.02 Å². The Hall–Kier alpha value is -2.78. The third kappa shape index (κ3) is 4.85. The molecule has 10 heteroatoms. The SMILES string of the molecule is CNc1ccc(N2CCC(c3nnc(NC(=O)Cc4ccccc4Cl)s3)CC2)nn1. The summed E-state index contributed by atoms with van der Waals surface area (Å²) in [5.41, 5.74) is 0.791. The highest BCUT2D eigenvalue weighted by Gasteiger charge is 2.25. The molecule has 1 aliphatic rings. The van der Waals surface area contributed by atoms with Crippen LogP contribution in [0.5, 0.6) is 0 Å². The molecule has 156 valence electrons. The molecule has 1 aromatic carbocycles. The number of nitrogens with one attached hydrogen (secondary N) is 2. The van der Waals surface area contributed by atoms with Crippen molar-refractivity contribution in [1.82, 2.24) is 20.4 Å². The summed E-state index contributed by atoms with van der Waals surface area (Å²) in [6, 6.07) is 11.2. The number of carbonyl (C=O) groups excluding carboxylic acids is 1. The number of anilines is 3. The van der Waals surface area contributed by atoms with Crippen LogP contribution in [-0.4, -0.2) is 46.4 Å². The summed E-state index contributed by atoms with van der Waals surface area (Å²) < 4.78 is 0. The number of hydrogen-bond donors (Lipinski definition) is 2. The number of amides is 1. The van der Waals surface area contributed by atoms with Crippen LogP contribution in [0.1, 0.15) is 29.3 Å². The van der Waals surface area contributed by atoms with Gasteiger partial charge in [0.05, 0.1) is 6.42 Å².